The van der Waals surface area contributed by atoms with E-state index in [1.807, 2.05) is 0 Å². The van der Waals surface area contributed by atoms with Gasteiger partial charge in [-0.15, -0.1) is 0 Å². The van der Waals surface area contributed by atoms with Crippen LogP contribution in [0.1, 0.15) is 251 Å². The van der Waals surface area contributed by atoms with E-state index in [2.05, 4.69) is 153 Å². The summed E-state index contributed by atoms with van der Waals surface area (Å²) >= 11 is 0. The van der Waals surface area contributed by atoms with Crippen LogP contribution in [0.3, 0.4) is 0 Å². The second kappa shape index (κ2) is 59.8. The molecule has 2 saturated heterocycles. The molecule has 0 aromatic carbocycles. The summed E-state index contributed by atoms with van der Waals surface area (Å²) in [5.41, 5.74) is 0. The van der Waals surface area contributed by atoms with Crippen LogP contribution in [-0.2, 0) is 23.7 Å². The lowest BCUT2D eigenvalue weighted by Gasteiger charge is -2.46. The zero-order valence-corrected chi connectivity index (χ0v) is 56.5. The molecule has 0 spiro atoms. The normalized spacial score (nSPS) is 23.6. The van der Waals surface area contributed by atoms with E-state index in [0.717, 1.165) is 135 Å². The molecule has 520 valence electrons. The molecule has 12 unspecified atom stereocenters. The van der Waals surface area contributed by atoms with Crippen LogP contribution in [0.5, 0.6) is 0 Å². The van der Waals surface area contributed by atoms with Crippen LogP contribution in [0.2, 0.25) is 0 Å². The van der Waals surface area contributed by atoms with Crippen LogP contribution in [0, 0.1) is 0 Å². The van der Waals surface area contributed by atoms with Gasteiger partial charge in [0.05, 0.1) is 32.0 Å². The van der Waals surface area contributed by atoms with Crippen LogP contribution in [0.25, 0.3) is 0 Å². The second-order valence-electron chi connectivity index (χ2n) is 24.6. The van der Waals surface area contributed by atoms with E-state index in [1.165, 1.54) is 83.5 Å². The molecule has 1 amide bonds. The molecule has 14 nitrogen and oxygen atoms in total. The maximum absolute atomic E-state index is 13.3. The third-order valence-electron chi connectivity index (χ3n) is 16.6. The molecule has 2 rings (SSSR count). The third-order valence-corrected chi connectivity index (χ3v) is 16.6. The SMILES string of the molecule is CC/C=C\C/C=C\C/C=C\C/C=C\C/C=C\C/C=C\C/C=C\C/C=C\C/C=C\C/C=C\C/C=C\CCCCCCCCCC(=O)NC(COC1OC(CO)C(OC2OC(CO)C(O)C(O)C2O)C(O)C1O)C(O)CCCCCCCCCCCCCCCCCC. The summed E-state index contributed by atoms with van der Waals surface area (Å²) in [6.07, 6.45) is 71.8. The first-order valence-electron chi connectivity index (χ1n) is 35.9. The smallest absolute Gasteiger partial charge is 0.220 e. The highest BCUT2D eigenvalue weighted by molar-refractivity contribution is 5.76. The fraction of sp³-hybridized carbons (Fsp3) is 0.701. The van der Waals surface area contributed by atoms with Gasteiger partial charge in [0.1, 0.15) is 48.8 Å². The quantitative estimate of drug-likeness (QED) is 0.0204. The molecule has 0 aromatic heterocycles. The molecule has 0 bridgehead atoms. The fourth-order valence-corrected chi connectivity index (χ4v) is 10.9. The van der Waals surface area contributed by atoms with Crippen LogP contribution < -0.4 is 5.32 Å². The second-order valence-corrected chi connectivity index (χ2v) is 24.6. The molecule has 0 radical (unpaired) electrons. The predicted octanol–water partition coefficient (Wildman–Crippen LogP) is 15.1. The molecule has 12 atom stereocenters. The number of carbonyl (C=O) groups is 1. The van der Waals surface area contributed by atoms with Gasteiger partial charge in [-0.3, -0.25) is 4.79 Å². The van der Waals surface area contributed by atoms with Crippen molar-refractivity contribution >= 4 is 5.91 Å². The minimum atomic E-state index is -1.79. The van der Waals surface area contributed by atoms with Crippen molar-refractivity contribution in [1.29, 1.82) is 0 Å². The summed E-state index contributed by atoms with van der Waals surface area (Å²) in [5, 5.41) is 87.5. The molecule has 91 heavy (non-hydrogen) atoms. The first-order valence-corrected chi connectivity index (χ1v) is 35.9. The van der Waals surface area contributed by atoms with Crippen molar-refractivity contribution in [2.45, 2.75) is 325 Å². The zero-order chi connectivity index (χ0) is 65.9. The largest absolute Gasteiger partial charge is 0.394 e. The van der Waals surface area contributed by atoms with Gasteiger partial charge in [0.2, 0.25) is 5.91 Å². The topological polar surface area (TPSA) is 228 Å². The molecule has 2 fully saturated rings. The molecule has 9 N–H and O–H groups in total. The average molecular weight is 1280 g/mol. The monoisotopic (exact) mass is 1280 g/mol. The van der Waals surface area contributed by atoms with Crippen LogP contribution in [0.15, 0.2) is 134 Å². The average Bonchev–Trinajstić information content (AvgIpc) is 1.24. The molecular weight excluding hydrogens is 1150 g/mol. The first kappa shape index (κ1) is 83.2. The van der Waals surface area contributed by atoms with Crippen molar-refractivity contribution in [2.75, 3.05) is 19.8 Å². The van der Waals surface area contributed by atoms with Crippen molar-refractivity contribution in [1.82, 2.24) is 5.32 Å². The van der Waals surface area contributed by atoms with Crippen molar-refractivity contribution in [3.05, 3.63) is 134 Å². The van der Waals surface area contributed by atoms with Gasteiger partial charge in [-0.2, -0.15) is 0 Å². The highest BCUT2D eigenvalue weighted by atomic mass is 16.7. The summed E-state index contributed by atoms with van der Waals surface area (Å²) in [5.74, 6) is -0.222. The number of hydrogen-bond donors (Lipinski definition) is 9. The Morgan fingerprint density at radius 2 is 0.758 bits per heavy atom. The van der Waals surface area contributed by atoms with Crippen molar-refractivity contribution in [3.8, 4) is 0 Å². The third kappa shape index (κ3) is 43.7. The van der Waals surface area contributed by atoms with E-state index >= 15 is 0 Å². The number of allylic oxidation sites excluding steroid dienone is 22. The molecule has 0 aliphatic carbocycles. The highest BCUT2D eigenvalue weighted by Crippen LogP contribution is 2.30. The first-order chi connectivity index (χ1) is 44.6. The summed E-state index contributed by atoms with van der Waals surface area (Å²) in [6.45, 7) is 2.74. The standard InChI is InChI=1S/C77H129NO13/c1-3-5-7-9-11-13-15-17-19-21-22-23-24-25-26-27-28-29-30-31-32-33-34-35-36-37-38-39-40-41-42-43-44-45-47-49-51-53-55-57-59-61-69(82)78-65(66(81)60-58-56-54-52-50-48-46-20-18-16-14-12-10-8-6-4-2)64-88-76-74(87)72(85)75(68(63-80)90-76)91-77-73(86)71(84)70(83)67(62-79)89-77/h5,7,11,13,17,19,22-23,25-26,28-29,31-32,34-35,37-38,40-41,43-44,65-68,70-77,79-81,83-87H,3-4,6,8-10,12,14-16,18,20-21,24,27,30,33,36,39,42,45-64H2,1-2H3,(H,78,82)/b7-5-,13-11-,19-17-,23-22-,26-25-,29-28-,32-31-,35-34-,38-37-,41-40-,44-43-. The number of aliphatic hydroxyl groups is 8. The Balaban J connectivity index is 1.63. The Morgan fingerprint density at radius 1 is 0.407 bits per heavy atom. The number of hydrogen-bond acceptors (Lipinski definition) is 13. The maximum atomic E-state index is 13.3. The fourth-order valence-electron chi connectivity index (χ4n) is 10.9. The Labute approximate surface area is 551 Å². The van der Waals surface area contributed by atoms with Gasteiger partial charge in [0, 0.05) is 6.42 Å². The Morgan fingerprint density at radius 3 is 1.16 bits per heavy atom. The molecule has 2 aliphatic rings. The van der Waals surface area contributed by atoms with Crippen molar-refractivity contribution in [2.24, 2.45) is 0 Å². The van der Waals surface area contributed by atoms with Gasteiger partial charge in [-0.25, -0.2) is 0 Å². The number of rotatable bonds is 57. The van der Waals surface area contributed by atoms with E-state index in [1.54, 1.807) is 0 Å². The van der Waals surface area contributed by atoms with Gasteiger partial charge in [-0.05, 0) is 96.3 Å². The van der Waals surface area contributed by atoms with Gasteiger partial charge in [0.15, 0.2) is 12.6 Å². The number of unbranched alkanes of at least 4 members (excludes halogenated alkanes) is 22. The number of nitrogens with one attached hydrogen (secondary N) is 1. The van der Waals surface area contributed by atoms with Gasteiger partial charge in [-0.1, -0.05) is 282 Å². The lowest BCUT2D eigenvalue weighted by atomic mass is 9.97. The van der Waals surface area contributed by atoms with Crippen molar-refractivity contribution < 1.29 is 64.6 Å². The summed E-state index contributed by atoms with van der Waals surface area (Å²) in [6, 6.07) is -0.844. The van der Waals surface area contributed by atoms with Gasteiger partial charge in [0.25, 0.3) is 0 Å². The summed E-state index contributed by atoms with van der Waals surface area (Å²) in [7, 11) is 0. The number of ether oxygens (including phenoxy) is 4. The molecule has 2 heterocycles. The molecular formula is C77H129NO13. The van der Waals surface area contributed by atoms with Crippen molar-refractivity contribution in [3.63, 3.8) is 0 Å². The van der Waals surface area contributed by atoms with Crippen LogP contribution >= 0.6 is 0 Å². The summed E-state index contributed by atoms with van der Waals surface area (Å²) in [4.78, 5) is 13.3. The van der Waals surface area contributed by atoms with E-state index in [9.17, 15) is 45.6 Å². The van der Waals surface area contributed by atoms with E-state index in [4.69, 9.17) is 18.9 Å². The number of carbonyl (C=O) groups excluding carboxylic acids is 1. The lowest BCUT2D eigenvalue weighted by molar-refractivity contribution is -0.359. The Kier molecular flexibility index (Phi) is 54.7. The number of amides is 1. The minimum absolute atomic E-state index is 0.222. The van der Waals surface area contributed by atoms with E-state index in [0.29, 0.717) is 12.8 Å². The van der Waals surface area contributed by atoms with Crippen LogP contribution in [0.4, 0.5) is 0 Å². The minimum Gasteiger partial charge on any atom is -0.394 e. The molecule has 0 aromatic rings. The predicted molar refractivity (Wildman–Crippen MR) is 373 cm³/mol. The van der Waals surface area contributed by atoms with E-state index in [-0.39, 0.29) is 18.9 Å². The maximum Gasteiger partial charge on any atom is 0.220 e. The van der Waals surface area contributed by atoms with Crippen LogP contribution in [-0.4, -0.2) is 140 Å². The molecule has 14 heteroatoms. The highest BCUT2D eigenvalue weighted by Gasteiger charge is 2.51. The molecule has 2 aliphatic heterocycles. The summed E-state index contributed by atoms with van der Waals surface area (Å²) < 4.78 is 22.9. The Bertz CT molecular complexity index is 2040. The molecule has 0 saturated carbocycles. The lowest BCUT2D eigenvalue weighted by Crippen LogP contribution is -2.65. The van der Waals surface area contributed by atoms with Gasteiger partial charge < -0.3 is 65.1 Å². The van der Waals surface area contributed by atoms with E-state index < -0.39 is 86.8 Å². The zero-order valence-electron chi connectivity index (χ0n) is 56.5. The number of aliphatic hydroxyl groups excluding tert-OH is 8. The van der Waals surface area contributed by atoms with Gasteiger partial charge >= 0.3 is 0 Å². The Hall–Kier alpha value is -3.87.